The summed E-state index contributed by atoms with van der Waals surface area (Å²) in [6, 6.07) is 7.81. The lowest BCUT2D eigenvalue weighted by molar-refractivity contribution is 0.240. The molecule has 0 aliphatic rings. The maximum atomic E-state index is 8.72. The first-order valence-electron chi connectivity index (χ1n) is 6.63. The van der Waals surface area contributed by atoms with Crippen molar-refractivity contribution in [1.82, 2.24) is 0 Å². The topological polar surface area (TPSA) is 29.5 Å². The first-order valence-corrected chi connectivity index (χ1v) is 6.63. The van der Waals surface area contributed by atoms with Crippen LogP contribution in [0.2, 0.25) is 0 Å². The number of rotatable bonds is 6. The van der Waals surface area contributed by atoms with Gasteiger partial charge in [0.05, 0.1) is 18.8 Å². The SMILES string of the molecule is CCC(CC)COc1ccccc1C#CCCO. The number of hydrogen-bond acceptors (Lipinski definition) is 2. The molecule has 18 heavy (non-hydrogen) atoms. The molecule has 0 fully saturated rings. The molecule has 0 saturated carbocycles. The molecule has 2 heteroatoms. The smallest absolute Gasteiger partial charge is 0.134 e. The molecular weight excluding hydrogens is 224 g/mol. The van der Waals surface area contributed by atoms with E-state index < -0.39 is 0 Å². The van der Waals surface area contributed by atoms with Crippen molar-refractivity contribution in [2.75, 3.05) is 13.2 Å². The Morgan fingerprint density at radius 1 is 1.22 bits per heavy atom. The van der Waals surface area contributed by atoms with Crippen molar-refractivity contribution >= 4 is 0 Å². The first kappa shape index (κ1) is 14.6. The summed E-state index contributed by atoms with van der Waals surface area (Å²) >= 11 is 0. The van der Waals surface area contributed by atoms with Gasteiger partial charge in [-0.25, -0.2) is 0 Å². The van der Waals surface area contributed by atoms with Gasteiger partial charge in [-0.15, -0.1) is 0 Å². The minimum Gasteiger partial charge on any atom is -0.492 e. The lowest BCUT2D eigenvalue weighted by Gasteiger charge is -2.14. The molecule has 0 heterocycles. The molecule has 98 valence electrons. The second-order valence-electron chi connectivity index (χ2n) is 4.27. The molecule has 0 aliphatic heterocycles. The normalized spacial score (nSPS) is 10.0. The molecule has 0 unspecified atom stereocenters. The van der Waals surface area contributed by atoms with Crippen LogP contribution in [0.3, 0.4) is 0 Å². The van der Waals surface area contributed by atoms with E-state index >= 15 is 0 Å². The van der Waals surface area contributed by atoms with Gasteiger partial charge in [-0.2, -0.15) is 0 Å². The van der Waals surface area contributed by atoms with Gasteiger partial charge in [-0.3, -0.25) is 0 Å². The van der Waals surface area contributed by atoms with Crippen LogP contribution in [0.25, 0.3) is 0 Å². The highest BCUT2D eigenvalue weighted by Gasteiger charge is 2.06. The van der Waals surface area contributed by atoms with Gasteiger partial charge in [-0.05, 0) is 18.1 Å². The van der Waals surface area contributed by atoms with Crippen LogP contribution in [0.5, 0.6) is 5.75 Å². The van der Waals surface area contributed by atoms with E-state index in [4.69, 9.17) is 9.84 Å². The second kappa shape index (κ2) is 8.60. The number of aliphatic hydroxyl groups is 1. The fraction of sp³-hybridized carbons (Fsp3) is 0.500. The zero-order valence-electron chi connectivity index (χ0n) is 11.3. The molecule has 0 atom stereocenters. The van der Waals surface area contributed by atoms with Crippen molar-refractivity contribution in [3.8, 4) is 17.6 Å². The van der Waals surface area contributed by atoms with Crippen molar-refractivity contribution in [3.05, 3.63) is 29.8 Å². The number of para-hydroxylation sites is 1. The van der Waals surface area contributed by atoms with Crippen molar-refractivity contribution in [2.45, 2.75) is 33.1 Å². The first-order chi connectivity index (χ1) is 8.81. The van der Waals surface area contributed by atoms with Crippen molar-refractivity contribution < 1.29 is 9.84 Å². The summed E-state index contributed by atoms with van der Waals surface area (Å²) in [6.07, 6.45) is 2.77. The van der Waals surface area contributed by atoms with E-state index in [1.807, 2.05) is 24.3 Å². The Morgan fingerprint density at radius 3 is 2.61 bits per heavy atom. The second-order valence-corrected chi connectivity index (χ2v) is 4.27. The Kier molecular flexibility index (Phi) is 6.98. The molecule has 2 nitrogen and oxygen atoms in total. The highest BCUT2D eigenvalue weighted by atomic mass is 16.5. The van der Waals surface area contributed by atoms with Gasteiger partial charge in [0, 0.05) is 6.42 Å². The number of benzene rings is 1. The number of hydrogen-bond donors (Lipinski definition) is 1. The van der Waals surface area contributed by atoms with E-state index in [0.717, 1.165) is 30.8 Å². The fourth-order valence-corrected chi connectivity index (χ4v) is 1.64. The Labute approximate surface area is 110 Å². The summed E-state index contributed by atoms with van der Waals surface area (Å²) in [5, 5.41) is 8.72. The number of ether oxygens (including phenoxy) is 1. The largest absolute Gasteiger partial charge is 0.492 e. The van der Waals surface area contributed by atoms with Gasteiger partial charge < -0.3 is 9.84 Å². The summed E-state index contributed by atoms with van der Waals surface area (Å²) in [7, 11) is 0. The van der Waals surface area contributed by atoms with E-state index in [-0.39, 0.29) is 6.61 Å². The summed E-state index contributed by atoms with van der Waals surface area (Å²) in [6.45, 7) is 5.21. The molecule has 0 spiro atoms. The van der Waals surface area contributed by atoms with Crippen LogP contribution in [-0.2, 0) is 0 Å². The van der Waals surface area contributed by atoms with Crippen molar-refractivity contribution in [3.63, 3.8) is 0 Å². The summed E-state index contributed by atoms with van der Waals surface area (Å²) in [5.74, 6) is 7.41. The zero-order chi connectivity index (χ0) is 13.2. The molecule has 0 aromatic heterocycles. The van der Waals surface area contributed by atoms with Gasteiger partial charge in [0.25, 0.3) is 0 Å². The predicted octanol–water partition coefficient (Wildman–Crippen LogP) is 3.24. The zero-order valence-corrected chi connectivity index (χ0v) is 11.3. The molecular formula is C16H22O2. The van der Waals surface area contributed by atoms with Crippen LogP contribution >= 0.6 is 0 Å². The van der Waals surface area contributed by atoms with E-state index in [1.54, 1.807) is 0 Å². The van der Waals surface area contributed by atoms with Crippen molar-refractivity contribution in [2.24, 2.45) is 5.92 Å². The number of aliphatic hydroxyl groups excluding tert-OH is 1. The third kappa shape index (κ3) is 4.81. The average molecular weight is 246 g/mol. The summed E-state index contributed by atoms with van der Waals surface area (Å²) in [4.78, 5) is 0. The lowest BCUT2D eigenvalue weighted by Crippen LogP contribution is -2.10. The minimum absolute atomic E-state index is 0.101. The standard InChI is InChI=1S/C16H22O2/c1-3-14(4-2)13-18-16-11-6-5-9-15(16)10-7-8-12-17/h5-6,9,11,14,17H,3-4,8,12-13H2,1-2H3. The maximum Gasteiger partial charge on any atom is 0.134 e. The minimum atomic E-state index is 0.101. The monoisotopic (exact) mass is 246 g/mol. The Balaban J connectivity index is 2.68. The van der Waals surface area contributed by atoms with E-state index in [0.29, 0.717) is 12.3 Å². The van der Waals surface area contributed by atoms with Gasteiger partial charge in [0.1, 0.15) is 5.75 Å². The lowest BCUT2D eigenvalue weighted by atomic mass is 10.1. The van der Waals surface area contributed by atoms with E-state index in [1.165, 1.54) is 0 Å². The maximum absolute atomic E-state index is 8.72. The Morgan fingerprint density at radius 2 is 1.94 bits per heavy atom. The van der Waals surface area contributed by atoms with Crippen LogP contribution < -0.4 is 4.74 Å². The Hall–Kier alpha value is -1.46. The summed E-state index contributed by atoms with van der Waals surface area (Å²) in [5.41, 5.74) is 0.900. The fourth-order valence-electron chi connectivity index (χ4n) is 1.64. The predicted molar refractivity (Wildman–Crippen MR) is 74.6 cm³/mol. The third-order valence-corrected chi connectivity index (χ3v) is 2.98. The molecule has 1 aromatic rings. The Bertz CT molecular complexity index is 397. The molecule has 1 N–H and O–H groups in total. The molecule has 0 radical (unpaired) electrons. The quantitative estimate of drug-likeness (QED) is 0.781. The van der Waals surface area contributed by atoms with Gasteiger partial charge in [0.2, 0.25) is 0 Å². The molecule has 1 rings (SSSR count). The van der Waals surface area contributed by atoms with E-state index in [9.17, 15) is 0 Å². The van der Waals surface area contributed by atoms with Crippen LogP contribution in [0, 0.1) is 17.8 Å². The van der Waals surface area contributed by atoms with E-state index in [2.05, 4.69) is 25.7 Å². The average Bonchev–Trinajstić information content (AvgIpc) is 2.41. The van der Waals surface area contributed by atoms with Crippen LogP contribution in [0.4, 0.5) is 0 Å². The summed E-state index contributed by atoms with van der Waals surface area (Å²) < 4.78 is 5.85. The van der Waals surface area contributed by atoms with Crippen LogP contribution in [-0.4, -0.2) is 18.3 Å². The molecule has 1 aromatic carbocycles. The molecule has 0 amide bonds. The molecule has 0 saturated heterocycles. The van der Waals surface area contributed by atoms with Crippen molar-refractivity contribution in [1.29, 1.82) is 0 Å². The molecule has 0 aliphatic carbocycles. The third-order valence-electron chi connectivity index (χ3n) is 2.98. The van der Waals surface area contributed by atoms with Gasteiger partial charge >= 0.3 is 0 Å². The van der Waals surface area contributed by atoms with Crippen LogP contribution in [0.15, 0.2) is 24.3 Å². The van der Waals surface area contributed by atoms with Gasteiger partial charge in [-0.1, -0.05) is 50.7 Å². The molecule has 0 bridgehead atoms. The highest BCUT2D eigenvalue weighted by molar-refractivity contribution is 5.45. The highest BCUT2D eigenvalue weighted by Crippen LogP contribution is 2.19. The van der Waals surface area contributed by atoms with Crippen LogP contribution in [0.1, 0.15) is 38.7 Å². The van der Waals surface area contributed by atoms with Gasteiger partial charge in [0.15, 0.2) is 0 Å².